The summed E-state index contributed by atoms with van der Waals surface area (Å²) in [5.41, 5.74) is 2.55. The van der Waals surface area contributed by atoms with Crippen LogP contribution in [0.15, 0.2) is 60.7 Å². The van der Waals surface area contributed by atoms with Gasteiger partial charge in [0.05, 0.1) is 0 Å². The first kappa shape index (κ1) is 37.3. The van der Waals surface area contributed by atoms with Crippen LogP contribution >= 0.6 is 17.8 Å². The predicted molar refractivity (Wildman–Crippen MR) is 185 cm³/mol. The lowest BCUT2D eigenvalue weighted by Gasteiger charge is -2.18. The van der Waals surface area contributed by atoms with E-state index in [1.54, 1.807) is 18.5 Å². The second kappa shape index (κ2) is 29.3. The van der Waals surface area contributed by atoms with Crippen molar-refractivity contribution >= 4 is 17.8 Å². The van der Waals surface area contributed by atoms with Gasteiger partial charge in [0.15, 0.2) is 0 Å². The molecule has 0 saturated carbocycles. The standard InChI is InChI=1S/C24H51P.C12H10.H3P/c1-4-7-10-13-16-19-22-25(23-20-17-14-11-8-5-2)24-21-18-15-12-9-6-3;1-3-7-11(8-4-1)12-9-5-2-6-10-12;/h4-24H2,1-3H3;1-10H;1H3. The minimum Gasteiger partial charge on any atom is -0.153 e. The fourth-order valence-electron chi connectivity index (χ4n) is 4.94. The van der Waals surface area contributed by atoms with Gasteiger partial charge < -0.3 is 0 Å². The van der Waals surface area contributed by atoms with E-state index in [9.17, 15) is 0 Å². The molecular weight excluding hydrogens is 494 g/mol. The summed E-state index contributed by atoms with van der Waals surface area (Å²) in [5.74, 6) is 0. The Bertz CT molecular complexity index is 609. The van der Waals surface area contributed by atoms with Crippen LogP contribution in [0, 0.1) is 0 Å². The van der Waals surface area contributed by atoms with Crippen molar-refractivity contribution in [2.75, 3.05) is 18.5 Å². The van der Waals surface area contributed by atoms with Crippen molar-refractivity contribution < 1.29 is 0 Å². The molecule has 2 aromatic rings. The molecule has 218 valence electrons. The molecule has 38 heavy (non-hydrogen) atoms. The Morgan fingerprint density at radius 2 is 0.632 bits per heavy atom. The van der Waals surface area contributed by atoms with Crippen molar-refractivity contribution in [1.82, 2.24) is 0 Å². The van der Waals surface area contributed by atoms with Crippen LogP contribution in [-0.4, -0.2) is 18.5 Å². The van der Waals surface area contributed by atoms with Crippen molar-refractivity contribution in [2.45, 2.75) is 136 Å². The van der Waals surface area contributed by atoms with Gasteiger partial charge in [-0.1, -0.05) is 178 Å². The number of rotatable bonds is 22. The Hall–Kier alpha value is -0.700. The average Bonchev–Trinajstić information content (AvgIpc) is 2.95. The van der Waals surface area contributed by atoms with Gasteiger partial charge in [-0.05, 0) is 48.9 Å². The monoisotopic (exact) mass is 558 g/mol. The lowest BCUT2D eigenvalue weighted by atomic mass is 10.1. The van der Waals surface area contributed by atoms with Crippen molar-refractivity contribution in [3.8, 4) is 11.1 Å². The van der Waals surface area contributed by atoms with E-state index in [0.29, 0.717) is 7.92 Å². The molecule has 2 heteroatoms. The highest BCUT2D eigenvalue weighted by Gasteiger charge is 2.08. The molecule has 2 rings (SSSR count). The van der Waals surface area contributed by atoms with Crippen LogP contribution in [0.3, 0.4) is 0 Å². The first-order valence-electron chi connectivity index (χ1n) is 16.1. The molecule has 0 aliphatic carbocycles. The molecule has 0 fully saturated rings. The highest BCUT2D eigenvalue weighted by Crippen LogP contribution is 2.39. The quantitative estimate of drug-likeness (QED) is 0.0995. The Kier molecular flexibility index (Phi) is 28.7. The molecule has 0 heterocycles. The van der Waals surface area contributed by atoms with E-state index < -0.39 is 0 Å². The van der Waals surface area contributed by atoms with Gasteiger partial charge in [0.1, 0.15) is 0 Å². The second-order valence-electron chi connectivity index (χ2n) is 10.9. The fourth-order valence-corrected chi connectivity index (χ4v) is 7.63. The Morgan fingerprint density at radius 1 is 0.368 bits per heavy atom. The molecular formula is C36H64P2. The second-order valence-corrected chi connectivity index (χ2v) is 13.6. The highest BCUT2D eigenvalue weighted by atomic mass is 31.1. The van der Waals surface area contributed by atoms with E-state index in [4.69, 9.17) is 0 Å². The van der Waals surface area contributed by atoms with E-state index in [0.717, 1.165) is 0 Å². The molecule has 0 aliphatic rings. The van der Waals surface area contributed by atoms with E-state index in [1.807, 2.05) is 12.1 Å². The summed E-state index contributed by atoms with van der Waals surface area (Å²) >= 11 is 0. The van der Waals surface area contributed by atoms with Crippen molar-refractivity contribution in [3.05, 3.63) is 60.7 Å². The molecule has 0 spiro atoms. The zero-order chi connectivity index (χ0) is 26.7. The maximum atomic E-state index is 2.32. The summed E-state index contributed by atoms with van der Waals surface area (Å²) in [4.78, 5) is 0. The minimum absolute atomic E-state index is 0. The largest absolute Gasteiger partial charge is 0.153 e. The lowest BCUT2D eigenvalue weighted by molar-refractivity contribution is 0.617. The van der Waals surface area contributed by atoms with E-state index >= 15 is 0 Å². The van der Waals surface area contributed by atoms with Gasteiger partial charge in [-0.2, -0.15) is 9.90 Å². The van der Waals surface area contributed by atoms with Gasteiger partial charge in [-0.3, -0.25) is 0 Å². The molecule has 0 bridgehead atoms. The third kappa shape index (κ3) is 22.2. The molecule has 0 radical (unpaired) electrons. The number of hydrogen-bond acceptors (Lipinski definition) is 0. The molecule has 0 N–H and O–H groups in total. The summed E-state index contributed by atoms with van der Waals surface area (Å²) in [5, 5.41) is 0. The van der Waals surface area contributed by atoms with E-state index in [-0.39, 0.29) is 9.90 Å². The van der Waals surface area contributed by atoms with Crippen LogP contribution in [0.25, 0.3) is 11.1 Å². The van der Waals surface area contributed by atoms with Gasteiger partial charge in [0.25, 0.3) is 0 Å². The highest BCUT2D eigenvalue weighted by molar-refractivity contribution is 7.57. The van der Waals surface area contributed by atoms with Crippen LogP contribution in [0.1, 0.15) is 136 Å². The summed E-state index contributed by atoms with van der Waals surface area (Å²) in [6, 6.07) is 20.8. The molecule has 1 atom stereocenters. The predicted octanol–water partition coefficient (Wildman–Crippen LogP) is 13.0. The van der Waals surface area contributed by atoms with Gasteiger partial charge in [-0.15, -0.1) is 7.92 Å². The van der Waals surface area contributed by atoms with Crippen LogP contribution < -0.4 is 0 Å². The van der Waals surface area contributed by atoms with Gasteiger partial charge in [0, 0.05) is 0 Å². The molecule has 0 aliphatic heterocycles. The minimum atomic E-state index is 0. The fraction of sp³-hybridized carbons (Fsp3) is 0.667. The summed E-state index contributed by atoms with van der Waals surface area (Å²) in [6.45, 7) is 6.96. The van der Waals surface area contributed by atoms with Crippen molar-refractivity contribution in [2.24, 2.45) is 0 Å². The third-order valence-electron chi connectivity index (χ3n) is 7.36. The third-order valence-corrected chi connectivity index (χ3v) is 10.2. The zero-order valence-corrected chi connectivity index (χ0v) is 28.1. The topological polar surface area (TPSA) is 0 Å². The SMILES string of the molecule is CCCCCCCCP(CCCCCCCC)CCCCCCCC.P.c1ccc(-c2ccccc2)cc1. The van der Waals surface area contributed by atoms with Gasteiger partial charge in [0.2, 0.25) is 0 Å². The van der Waals surface area contributed by atoms with Gasteiger partial charge in [-0.25, -0.2) is 0 Å². The maximum Gasteiger partial charge on any atom is -0.0184 e. The van der Waals surface area contributed by atoms with E-state index in [2.05, 4.69) is 69.3 Å². The Balaban J connectivity index is 0.000000868. The summed E-state index contributed by atoms with van der Waals surface area (Å²) in [6.07, 6.45) is 31.2. The first-order chi connectivity index (χ1) is 18.3. The molecule has 2 aromatic carbocycles. The normalized spacial score (nSPS) is 10.6. The summed E-state index contributed by atoms with van der Waals surface area (Å²) < 4.78 is 0. The van der Waals surface area contributed by atoms with Crippen LogP contribution in [-0.2, 0) is 0 Å². The number of unbranched alkanes of at least 4 members (excludes halogenated alkanes) is 15. The smallest absolute Gasteiger partial charge is 0.0184 e. The number of hydrogen-bond donors (Lipinski definition) is 0. The Morgan fingerprint density at radius 3 is 0.921 bits per heavy atom. The molecule has 0 nitrogen and oxygen atoms in total. The van der Waals surface area contributed by atoms with Crippen molar-refractivity contribution in [1.29, 1.82) is 0 Å². The lowest BCUT2D eigenvalue weighted by Crippen LogP contribution is -1.97. The van der Waals surface area contributed by atoms with Crippen molar-refractivity contribution in [3.63, 3.8) is 0 Å². The van der Waals surface area contributed by atoms with Gasteiger partial charge >= 0.3 is 0 Å². The van der Waals surface area contributed by atoms with Crippen LogP contribution in [0.4, 0.5) is 0 Å². The molecule has 1 unspecified atom stereocenters. The maximum absolute atomic E-state index is 2.32. The zero-order valence-electron chi connectivity index (χ0n) is 25.8. The summed E-state index contributed by atoms with van der Waals surface area (Å²) in [7, 11) is 0.366. The van der Waals surface area contributed by atoms with Crippen LogP contribution in [0.5, 0.6) is 0 Å². The Labute approximate surface area is 244 Å². The molecule has 0 aromatic heterocycles. The first-order valence-corrected chi connectivity index (χ1v) is 18.0. The van der Waals surface area contributed by atoms with Crippen LogP contribution in [0.2, 0.25) is 0 Å². The molecule has 0 amide bonds. The average molecular weight is 559 g/mol. The molecule has 0 saturated heterocycles. The number of benzene rings is 2. The van der Waals surface area contributed by atoms with E-state index in [1.165, 1.54) is 127 Å².